The molecule has 0 aromatic carbocycles. The molecule has 0 radical (unpaired) electrons. The molecule has 0 heterocycles. The second-order valence-electron chi connectivity index (χ2n) is 2.87. The Balaban J connectivity index is 4.13. The van der Waals surface area contributed by atoms with Crippen molar-refractivity contribution in [1.29, 1.82) is 0 Å². The van der Waals surface area contributed by atoms with E-state index in [1.165, 1.54) is 0 Å². The fourth-order valence-electron chi connectivity index (χ4n) is 0.784. The van der Waals surface area contributed by atoms with Crippen molar-refractivity contribution in [2.75, 3.05) is 12.4 Å². The van der Waals surface area contributed by atoms with Crippen LogP contribution in [0.4, 0.5) is 0 Å². The average Bonchev–Trinajstić information content (AvgIpc) is 2.11. The predicted molar refractivity (Wildman–Crippen MR) is 50.3 cm³/mol. The highest BCUT2D eigenvalue weighted by Gasteiger charge is 2.16. The second kappa shape index (κ2) is 5.94. The molecule has 3 N–H and O–H groups in total. The lowest BCUT2D eigenvalue weighted by atomic mass is 10.3. The molecule has 0 saturated carbocycles. The van der Waals surface area contributed by atoms with Crippen molar-refractivity contribution >= 4 is 16.0 Å². The van der Waals surface area contributed by atoms with E-state index in [0.29, 0.717) is 6.42 Å². The number of rotatable bonds is 7. The van der Waals surface area contributed by atoms with Crippen LogP contribution in [-0.4, -0.2) is 43.0 Å². The van der Waals surface area contributed by atoms with E-state index in [0.717, 1.165) is 0 Å². The van der Waals surface area contributed by atoms with Crippen LogP contribution in [0.1, 0.15) is 19.8 Å². The van der Waals surface area contributed by atoms with Crippen molar-refractivity contribution in [3.63, 3.8) is 0 Å². The number of sulfonamides is 1. The Morgan fingerprint density at radius 3 is 2.43 bits per heavy atom. The maximum Gasteiger partial charge on any atom is 0.304 e. The van der Waals surface area contributed by atoms with Gasteiger partial charge in [-0.2, -0.15) is 0 Å². The van der Waals surface area contributed by atoms with Crippen molar-refractivity contribution in [1.82, 2.24) is 4.72 Å². The van der Waals surface area contributed by atoms with Gasteiger partial charge >= 0.3 is 5.97 Å². The number of aliphatic hydroxyl groups excluding tert-OH is 1. The van der Waals surface area contributed by atoms with Gasteiger partial charge in [0, 0.05) is 6.04 Å². The molecule has 0 saturated heterocycles. The summed E-state index contributed by atoms with van der Waals surface area (Å²) in [5, 5.41) is 17.0. The van der Waals surface area contributed by atoms with Gasteiger partial charge in [-0.3, -0.25) is 4.79 Å². The van der Waals surface area contributed by atoms with Crippen LogP contribution in [0.5, 0.6) is 0 Å². The summed E-state index contributed by atoms with van der Waals surface area (Å²) in [4.78, 5) is 10.1. The molecule has 0 unspecified atom stereocenters. The quantitative estimate of drug-likeness (QED) is 0.523. The fraction of sp³-hybridized carbons (Fsp3) is 0.857. The lowest BCUT2D eigenvalue weighted by molar-refractivity contribution is -0.136. The molecule has 6 nitrogen and oxygen atoms in total. The van der Waals surface area contributed by atoms with E-state index in [9.17, 15) is 13.2 Å². The van der Waals surface area contributed by atoms with E-state index in [1.54, 1.807) is 6.92 Å². The van der Waals surface area contributed by atoms with Crippen LogP contribution in [0.3, 0.4) is 0 Å². The Kier molecular flexibility index (Phi) is 5.66. The maximum absolute atomic E-state index is 11.2. The topological polar surface area (TPSA) is 104 Å². The van der Waals surface area contributed by atoms with Gasteiger partial charge in [0.05, 0.1) is 18.8 Å². The lowest BCUT2D eigenvalue weighted by Gasteiger charge is -2.13. The standard InChI is InChI=1S/C7H15NO5S/c1-2-6(5-9)8-14(12,13)4-3-7(10)11/h6,8-9H,2-5H2,1H3,(H,10,11)/t6-/m1/s1. The number of hydrogen-bond donors (Lipinski definition) is 3. The van der Waals surface area contributed by atoms with Crippen LogP contribution in [0.25, 0.3) is 0 Å². The smallest absolute Gasteiger partial charge is 0.304 e. The molecular weight excluding hydrogens is 210 g/mol. The molecule has 84 valence electrons. The normalized spacial score (nSPS) is 13.9. The molecule has 0 aliphatic rings. The van der Waals surface area contributed by atoms with Gasteiger partial charge in [-0.05, 0) is 6.42 Å². The number of carboxylic acid groups (broad SMARTS) is 1. The van der Waals surface area contributed by atoms with Gasteiger partial charge < -0.3 is 10.2 Å². The monoisotopic (exact) mass is 225 g/mol. The summed E-state index contributed by atoms with van der Waals surface area (Å²) in [6.45, 7) is 1.43. The molecule has 0 spiro atoms. The molecule has 7 heteroatoms. The molecule has 0 rings (SSSR count). The highest BCUT2D eigenvalue weighted by molar-refractivity contribution is 7.89. The summed E-state index contributed by atoms with van der Waals surface area (Å²) in [5.74, 6) is -1.62. The van der Waals surface area contributed by atoms with Gasteiger partial charge in [0.1, 0.15) is 0 Å². The second-order valence-corrected chi connectivity index (χ2v) is 4.74. The van der Waals surface area contributed by atoms with Gasteiger partial charge in [-0.15, -0.1) is 0 Å². The summed E-state index contributed by atoms with van der Waals surface area (Å²) >= 11 is 0. The van der Waals surface area contributed by atoms with E-state index in [4.69, 9.17) is 10.2 Å². The van der Waals surface area contributed by atoms with Crippen LogP contribution in [-0.2, 0) is 14.8 Å². The minimum absolute atomic E-state index is 0.289. The van der Waals surface area contributed by atoms with E-state index < -0.39 is 34.2 Å². The Morgan fingerprint density at radius 2 is 2.07 bits per heavy atom. The zero-order valence-corrected chi connectivity index (χ0v) is 8.75. The summed E-state index contributed by atoms with van der Waals surface area (Å²) < 4.78 is 24.6. The van der Waals surface area contributed by atoms with Gasteiger partial charge in [-0.25, -0.2) is 13.1 Å². The third kappa shape index (κ3) is 5.90. The van der Waals surface area contributed by atoms with Crippen LogP contribution < -0.4 is 4.72 Å². The Morgan fingerprint density at radius 1 is 1.50 bits per heavy atom. The fourth-order valence-corrected chi connectivity index (χ4v) is 2.09. The van der Waals surface area contributed by atoms with Crippen molar-refractivity contribution < 1.29 is 23.4 Å². The zero-order chi connectivity index (χ0) is 11.2. The number of nitrogens with one attached hydrogen (secondary N) is 1. The highest BCUT2D eigenvalue weighted by Crippen LogP contribution is 1.96. The van der Waals surface area contributed by atoms with Gasteiger partial charge in [0.15, 0.2) is 0 Å². The van der Waals surface area contributed by atoms with Gasteiger partial charge in [0.25, 0.3) is 0 Å². The predicted octanol–water partition coefficient (Wildman–Crippen LogP) is -0.849. The summed E-state index contributed by atoms with van der Waals surface area (Å²) in [6.07, 6.45) is 0.0278. The van der Waals surface area contributed by atoms with E-state index in [1.807, 2.05) is 0 Å². The minimum atomic E-state index is -3.59. The number of carbonyl (C=O) groups is 1. The molecule has 0 aromatic heterocycles. The van der Waals surface area contributed by atoms with Crippen LogP contribution in [0, 0.1) is 0 Å². The van der Waals surface area contributed by atoms with Crippen molar-refractivity contribution in [2.24, 2.45) is 0 Å². The number of hydrogen-bond acceptors (Lipinski definition) is 4. The summed E-state index contributed by atoms with van der Waals surface area (Å²) in [7, 11) is -3.59. The third-order valence-electron chi connectivity index (χ3n) is 1.64. The van der Waals surface area contributed by atoms with Crippen LogP contribution in [0.15, 0.2) is 0 Å². The van der Waals surface area contributed by atoms with Gasteiger partial charge in [-0.1, -0.05) is 6.92 Å². The van der Waals surface area contributed by atoms with Crippen LogP contribution in [0.2, 0.25) is 0 Å². The first kappa shape index (κ1) is 13.3. The highest BCUT2D eigenvalue weighted by atomic mass is 32.2. The van der Waals surface area contributed by atoms with E-state index in [-0.39, 0.29) is 6.61 Å². The molecular formula is C7H15NO5S. The van der Waals surface area contributed by atoms with Gasteiger partial charge in [0.2, 0.25) is 10.0 Å². The molecule has 14 heavy (non-hydrogen) atoms. The van der Waals surface area contributed by atoms with E-state index in [2.05, 4.69) is 4.72 Å². The SMILES string of the molecule is CC[C@H](CO)NS(=O)(=O)CCC(=O)O. The first-order chi connectivity index (χ1) is 6.41. The minimum Gasteiger partial charge on any atom is -0.481 e. The van der Waals surface area contributed by atoms with Crippen LogP contribution >= 0.6 is 0 Å². The molecule has 0 bridgehead atoms. The zero-order valence-electron chi connectivity index (χ0n) is 7.93. The Labute approximate surface area is 83.0 Å². The lowest BCUT2D eigenvalue weighted by Crippen LogP contribution is -2.38. The molecule has 0 aliphatic carbocycles. The molecule has 1 atom stereocenters. The van der Waals surface area contributed by atoms with Crippen molar-refractivity contribution in [2.45, 2.75) is 25.8 Å². The third-order valence-corrected chi connectivity index (χ3v) is 3.08. The van der Waals surface area contributed by atoms with Crippen molar-refractivity contribution in [3.8, 4) is 0 Å². The summed E-state index contributed by atoms with van der Waals surface area (Å²) in [6, 6.07) is -0.534. The maximum atomic E-state index is 11.2. The largest absolute Gasteiger partial charge is 0.481 e. The Bertz CT molecular complexity index is 270. The molecule has 0 fully saturated rings. The Hall–Kier alpha value is -0.660. The first-order valence-corrected chi connectivity index (χ1v) is 5.89. The first-order valence-electron chi connectivity index (χ1n) is 4.24. The van der Waals surface area contributed by atoms with E-state index >= 15 is 0 Å². The van der Waals surface area contributed by atoms with Crippen molar-refractivity contribution in [3.05, 3.63) is 0 Å². The molecule has 0 aromatic rings. The number of carboxylic acids is 1. The molecule has 0 aliphatic heterocycles. The number of aliphatic hydroxyl groups is 1. The number of aliphatic carboxylic acids is 1. The average molecular weight is 225 g/mol. The molecule has 0 amide bonds. The summed E-state index contributed by atoms with van der Waals surface area (Å²) in [5.41, 5.74) is 0.